The Bertz CT molecular complexity index is 490. The summed E-state index contributed by atoms with van der Waals surface area (Å²) >= 11 is 1.76. The molecular formula is C13H18N4S. The van der Waals surface area contributed by atoms with E-state index in [0.29, 0.717) is 0 Å². The van der Waals surface area contributed by atoms with E-state index in [0.717, 1.165) is 23.7 Å². The van der Waals surface area contributed by atoms with Crippen molar-refractivity contribution in [1.29, 1.82) is 0 Å². The minimum absolute atomic E-state index is 0.0900. The van der Waals surface area contributed by atoms with E-state index in [-0.39, 0.29) is 6.04 Å². The predicted molar refractivity (Wildman–Crippen MR) is 74.3 cm³/mol. The number of nitrogens with zero attached hydrogens (tertiary/aromatic N) is 3. The van der Waals surface area contributed by atoms with Crippen LogP contribution < -0.4 is 5.73 Å². The van der Waals surface area contributed by atoms with Gasteiger partial charge in [-0.25, -0.2) is 9.67 Å². The van der Waals surface area contributed by atoms with E-state index in [1.165, 1.54) is 4.90 Å². The van der Waals surface area contributed by atoms with Crippen molar-refractivity contribution >= 4 is 11.8 Å². The topological polar surface area (TPSA) is 56.7 Å². The van der Waals surface area contributed by atoms with Gasteiger partial charge in [0, 0.05) is 17.5 Å². The van der Waals surface area contributed by atoms with E-state index in [4.69, 9.17) is 5.73 Å². The summed E-state index contributed by atoms with van der Waals surface area (Å²) in [7, 11) is 0. The molecule has 0 saturated heterocycles. The third-order valence-electron chi connectivity index (χ3n) is 2.77. The zero-order chi connectivity index (χ0) is 13.0. The first-order valence-electron chi connectivity index (χ1n) is 6.05. The standard InChI is InChI=1S/C13H18N4S/c1-3-17-13(15-9-16-17)8-18-12-6-4-11(5-7-12)10(2)14/h4-7,9-10H,3,8,14H2,1-2H3. The van der Waals surface area contributed by atoms with Gasteiger partial charge in [0.05, 0.1) is 5.75 Å². The molecule has 0 amide bonds. The Balaban J connectivity index is 1.98. The molecule has 0 radical (unpaired) electrons. The Hall–Kier alpha value is -1.33. The van der Waals surface area contributed by atoms with Crippen LogP contribution in [0.15, 0.2) is 35.5 Å². The molecule has 4 nitrogen and oxygen atoms in total. The maximum atomic E-state index is 5.82. The van der Waals surface area contributed by atoms with Crippen molar-refractivity contribution in [1.82, 2.24) is 14.8 Å². The summed E-state index contributed by atoms with van der Waals surface area (Å²) in [4.78, 5) is 5.49. The number of aromatic nitrogens is 3. The maximum Gasteiger partial charge on any atom is 0.138 e. The highest BCUT2D eigenvalue weighted by atomic mass is 32.2. The number of benzene rings is 1. The lowest BCUT2D eigenvalue weighted by atomic mass is 10.1. The Labute approximate surface area is 112 Å². The van der Waals surface area contributed by atoms with E-state index in [1.807, 2.05) is 11.6 Å². The molecule has 18 heavy (non-hydrogen) atoms. The quantitative estimate of drug-likeness (QED) is 0.842. The van der Waals surface area contributed by atoms with Crippen molar-refractivity contribution in [2.24, 2.45) is 5.73 Å². The first kappa shape index (κ1) is 13.1. The van der Waals surface area contributed by atoms with Crippen LogP contribution in [0.3, 0.4) is 0 Å². The Morgan fingerprint density at radius 3 is 2.67 bits per heavy atom. The summed E-state index contributed by atoms with van der Waals surface area (Å²) in [6.45, 7) is 4.92. The number of hydrogen-bond donors (Lipinski definition) is 1. The Morgan fingerprint density at radius 1 is 1.33 bits per heavy atom. The number of aryl methyl sites for hydroxylation is 1. The molecule has 0 aliphatic rings. The second-order valence-corrected chi connectivity index (χ2v) is 5.19. The number of hydrogen-bond acceptors (Lipinski definition) is 4. The van der Waals surface area contributed by atoms with Crippen LogP contribution in [0.4, 0.5) is 0 Å². The van der Waals surface area contributed by atoms with E-state index in [2.05, 4.69) is 41.3 Å². The Morgan fingerprint density at radius 2 is 2.06 bits per heavy atom. The van der Waals surface area contributed by atoms with Gasteiger partial charge in [-0.3, -0.25) is 0 Å². The van der Waals surface area contributed by atoms with Gasteiger partial charge in [0.2, 0.25) is 0 Å². The van der Waals surface area contributed by atoms with Gasteiger partial charge >= 0.3 is 0 Å². The van der Waals surface area contributed by atoms with Gasteiger partial charge in [0.1, 0.15) is 12.2 Å². The average Bonchev–Trinajstić information content (AvgIpc) is 2.84. The van der Waals surface area contributed by atoms with Crippen LogP contribution in [0.2, 0.25) is 0 Å². The lowest BCUT2D eigenvalue weighted by molar-refractivity contribution is 0.632. The van der Waals surface area contributed by atoms with Gasteiger partial charge in [-0.05, 0) is 31.5 Å². The fraction of sp³-hybridized carbons (Fsp3) is 0.385. The summed E-state index contributed by atoms with van der Waals surface area (Å²) in [5, 5.41) is 4.16. The van der Waals surface area contributed by atoms with Crippen molar-refractivity contribution in [3.63, 3.8) is 0 Å². The SMILES string of the molecule is CCn1ncnc1CSc1ccc(C(C)N)cc1. The molecule has 0 aliphatic heterocycles. The van der Waals surface area contributed by atoms with Crippen molar-refractivity contribution in [2.45, 2.75) is 37.1 Å². The van der Waals surface area contributed by atoms with Crippen LogP contribution in [0, 0.1) is 0 Å². The van der Waals surface area contributed by atoms with Crippen LogP contribution in [0.25, 0.3) is 0 Å². The molecule has 0 saturated carbocycles. The fourth-order valence-corrected chi connectivity index (χ4v) is 2.53. The van der Waals surface area contributed by atoms with Crippen LogP contribution in [0.1, 0.15) is 31.3 Å². The summed E-state index contributed by atoms with van der Waals surface area (Å²) in [5.74, 6) is 1.85. The normalized spacial score (nSPS) is 12.6. The summed E-state index contributed by atoms with van der Waals surface area (Å²) in [6.07, 6.45) is 1.61. The molecule has 0 bridgehead atoms. The van der Waals surface area contributed by atoms with E-state index in [1.54, 1.807) is 18.1 Å². The van der Waals surface area contributed by atoms with Crippen LogP contribution in [-0.2, 0) is 12.3 Å². The monoisotopic (exact) mass is 262 g/mol. The van der Waals surface area contributed by atoms with Gasteiger partial charge in [-0.2, -0.15) is 5.10 Å². The molecule has 1 unspecified atom stereocenters. The molecule has 0 spiro atoms. The van der Waals surface area contributed by atoms with Crippen molar-refractivity contribution < 1.29 is 0 Å². The maximum absolute atomic E-state index is 5.82. The third kappa shape index (κ3) is 3.11. The zero-order valence-corrected chi connectivity index (χ0v) is 11.5. The molecule has 0 aliphatic carbocycles. The van der Waals surface area contributed by atoms with Gasteiger partial charge in [0.15, 0.2) is 0 Å². The first-order chi connectivity index (χ1) is 8.70. The number of nitrogens with two attached hydrogens (primary N) is 1. The fourth-order valence-electron chi connectivity index (χ4n) is 1.68. The lowest BCUT2D eigenvalue weighted by Gasteiger charge is -2.07. The minimum Gasteiger partial charge on any atom is -0.324 e. The van der Waals surface area contributed by atoms with Crippen molar-refractivity contribution in [3.05, 3.63) is 42.0 Å². The summed E-state index contributed by atoms with van der Waals surface area (Å²) < 4.78 is 1.92. The molecule has 1 heterocycles. The van der Waals surface area contributed by atoms with Crippen LogP contribution >= 0.6 is 11.8 Å². The van der Waals surface area contributed by atoms with Gasteiger partial charge < -0.3 is 5.73 Å². The number of thioether (sulfide) groups is 1. The van der Waals surface area contributed by atoms with E-state index in [9.17, 15) is 0 Å². The Kier molecular flexibility index (Phi) is 4.38. The molecule has 96 valence electrons. The molecular weight excluding hydrogens is 244 g/mol. The highest BCUT2D eigenvalue weighted by Gasteiger charge is 2.04. The molecule has 1 aromatic carbocycles. The lowest BCUT2D eigenvalue weighted by Crippen LogP contribution is -2.04. The van der Waals surface area contributed by atoms with Crippen LogP contribution in [0.5, 0.6) is 0 Å². The van der Waals surface area contributed by atoms with E-state index < -0.39 is 0 Å². The van der Waals surface area contributed by atoms with Crippen LogP contribution in [-0.4, -0.2) is 14.8 Å². The van der Waals surface area contributed by atoms with Gasteiger partial charge in [-0.15, -0.1) is 11.8 Å². The molecule has 5 heteroatoms. The summed E-state index contributed by atoms with van der Waals surface area (Å²) in [6, 6.07) is 8.47. The van der Waals surface area contributed by atoms with E-state index >= 15 is 0 Å². The third-order valence-corrected chi connectivity index (χ3v) is 3.78. The van der Waals surface area contributed by atoms with Crippen molar-refractivity contribution in [3.8, 4) is 0 Å². The average molecular weight is 262 g/mol. The molecule has 1 aromatic heterocycles. The zero-order valence-electron chi connectivity index (χ0n) is 10.7. The highest BCUT2D eigenvalue weighted by molar-refractivity contribution is 7.98. The smallest absolute Gasteiger partial charge is 0.138 e. The summed E-state index contributed by atoms with van der Waals surface area (Å²) in [5.41, 5.74) is 6.99. The largest absolute Gasteiger partial charge is 0.324 e. The molecule has 1 atom stereocenters. The molecule has 0 fully saturated rings. The molecule has 2 aromatic rings. The predicted octanol–water partition coefficient (Wildman–Crippen LogP) is 2.61. The molecule has 2 rings (SSSR count). The van der Waals surface area contributed by atoms with Gasteiger partial charge in [-0.1, -0.05) is 12.1 Å². The number of rotatable bonds is 5. The first-order valence-corrected chi connectivity index (χ1v) is 7.04. The molecule has 2 N–H and O–H groups in total. The van der Waals surface area contributed by atoms with Gasteiger partial charge in [0.25, 0.3) is 0 Å². The second-order valence-electron chi connectivity index (χ2n) is 4.14. The highest BCUT2D eigenvalue weighted by Crippen LogP contribution is 2.23. The van der Waals surface area contributed by atoms with Crippen molar-refractivity contribution in [2.75, 3.05) is 0 Å². The minimum atomic E-state index is 0.0900. The second kappa shape index (κ2) is 6.02.